The van der Waals surface area contributed by atoms with Crippen molar-refractivity contribution in [2.24, 2.45) is 0 Å². The molecule has 2 heterocycles. The van der Waals surface area contributed by atoms with E-state index in [-0.39, 0.29) is 17.9 Å². The molecule has 0 aliphatic carbocycles. The molecule has 0 saturated carbocycles. The highest BCUT2D eigenvalue weighted by atomic mass is 16.5. The fourth-order valence-electron chi connectivity index (χ4n) is 5.72. The van der Waals surface area contributed by atoms with E-state index in [1.165, 1.54) is 29.3 Å². The number of aromatic nitrogens is 1. The summed E-state index contributed by atoms with van der Waals surface area (Å²) in [7, 11) is 0. The molecule has 0 unspecified atom stereocenters. The van der Waals surface area contributed by atoms with Crippen LogP contribution in [0.2, 0.25) is 0 Å². The maximum absolute atomic E-state index is 13.0. The normalized spacial score (nSPS) is 13.3. The van der Waals surface area contributed by atoms with Gasteiger partial charge >= 0.3 is 0 Å². The Bertz CT molecular complexity index is 1730. The molecule has 224 valence electrons. The van der Waals surface area contributed by atoms with Gasteiger partial charge in [0.2, 0.25) is 5.91 Å². The zero-order valence-electron chi connectivity index (χ0n) is 25.3. The van der Waals surface area contributed by atoms with Gasteiger partial charge in [-0.1, -0.05) is 30.3 Å². The summed E-state index contributed by atoms with van der Waals surface area (Å²) in [4.78, 5) is 27.5. The minimum atomic E-state index is -0.172. The lowest BCUT2D eigenvalue weighted by molar-refractivity contribution is -0.120. The number of hydrogen-bond acceptors (Lipinski definition) is 4. The number of hydrogen-bond donors (Lipinski definition) is 2. The number of para-hydroxylation sites is 1. The quantitative estimate of drug-likeness (QED) is 0.180. The lowest BCUT2D eigenvalue weighted by Crippen LogP contribution is -2.31. The molecule has 0 spiro atoms. The zero-order chi connectivity index (χ0) is 30.5. The molecular weight excluding hydrogens is 548 g/mol. The van der Waals surface area contributed by atoms with E-state index in [0.717, 1.165) is 30.9 Å². The highest BCUT2D eigenvalue weighted by Gasteiger charge is 2.16. The van der Waals surface area contributed by atoms with Crippen LogP contribution < -0.4 is 15.4 Å². The van der Waals surface area contributed by atoms with Crippen LogP contribution in [0.15, 0.2) is 103 Å². The maximum atomic E-state index is 13.0. The summed E-state index contributed by atoms with van der Waals surface area (Å²) in [5.41, 5.74) is 5.72. The highest BCUT2D eigenvalue weighted by molar-refractivity contribution is 6.04. The molecule has 1 aromatic heterocycles. The second kappa shape index (κ2) is 13.2. The van der Waals surface area contributed by atoms with Gasteiger partial charge < -0.3 is 19.9 Å². The van der Waals surface area contributed by atoms with Gasteiger partial charge in [0.25, 0.3) is 5.91 Å². The van der Waals surface area contributed by atoms with Gasteiger partial charge in [-0.2, -0.15) is 0 Å². The number of anilines is 1. The van der Waals surface area contributed by atoms with E-state index in [4.69, 9.17) is 4.74 Å². The van der Waals surface area contributed by atoms with Gasteiger partial charge in [0.1, 0.15) is 11.5 Å². The number of amides is 2. The molecule has 0 bridgehead atoms. The summed E-state index contributed by atoms with van der Waals surface area (Å²) in [6.45, 7) is 7.17. The first kappa shape index (κ1) is 29.2. The van der Waals surface area contributed by atoms with Crippen molar-refractivity contribution in [2.75, 3.05) is 18.4 Å². The molecule has 44 heavy (non-hydrogen) atoms. The average Bonchev–Trinajstić information content (AvgIpc) is 3.67. The monoisotopic (exact) mass is 586 g/mol. The molecule has 5 aromatic rings. The summed E-state index contributed by atoms with van der Waals surface area (Å²) < 4.78 is 8.17. The Morgan fingerprint density at radius 3 is 2.16 bits per heavy atom. The van der Waals surface area contributed by atoms with Crippen molar-refractivity contribution in [2.45, 2.75) is 45.7 Å². The average molecular weight is 587 g/mol. The number of fused-ring (bicyclic) bond motifs is 1. The fraction of sp³-hybridized carbons (Fsp3) is 0.243. The van der Waals surface area contributed by atoms with Crippen molar-refractivity contribution >= 4 is 28.4 Å². The smallest absolute Gasteiger partial charge is 0.255 e. The number of ether oxygens (including phenoxy) is 1. The lowest BCUT2D eigenvalue weighted by atomic mass is 10.1. The molecule has 2 amide bonds. The standard InChI is InChI=1S/C37H38N4O3/c1-26(2)38-36(42)23-27-9-17-32(18-10-27)44-33-19-13-30(14-20-33)39-37(43)28-11-15-31(16-12-28)41-25-29(24-40-21-5-6-22-40)34-7-3-4-8-35(34)41/h3-4,7-20,25-26H,5-6,21-24H2,1-2H3,(H,38,42)(H,39,43). The van der Waals surface area contributed by atoms with Gasteiger partial charge in [0.15, 0.2) is 0 Å². The first-order valence-electron chi connectivity index (χ1n) is 15.3. The number of nitrogens with one attached hydrogen (secondary N) is 2. The van der Waals surface area contributed by atoms with E-state index in [9.17, 15) is 9.59 Å². The van der Waals surface area contributed by atoms with Gasteiger partial charge in [-0.05, 0) is 118 Å². The maximum Gasteiger partial charge on any atom is 0.255 e. The second-order valence-electron chi connectivity index (χ2n) is 11.7. The van der Waals surface area contributed by atoms with Gasteiger partial charge in [-0.25, -0.2) is 0 Å². The van der Waals surface area contributed by atoms with Crippen LogP contribution in [0.5, 0.6) is 11.5 Å². The largest absolute Gasteiger partial charge is 0.457 e. The Morgan fingerprint density at radius 2 is 1.48 bits per heavy atom. The van der Waals surface area contributed by atoms with E-state index in [1.54, 1.807) is 0 Å². The van der Waals surface area contributed by atoms with Crippen molar-refractivity contribution in [1.29, 1.82) is 0 Å². The molecule has 1 saturated heterocycles. The predicted octanol–water partition coefficient (Wildman–Crippen LogP) is 7.34. The zero-order valence-corrected chi connectivity index (χ0v) is 25.3. The Labute approximate surface area is 258 Å². The first-order chi connectivity index (χ1) is 21.4. The van der Waals surface area contributed by atoms with Crippen molar-refractivity contribution in [1.82, 2.24) is 14.8 Å². The third-order valence-electron chi connectivity index (χ3n) is 7.88. The van der Waals surface area contributed by atoms with Crippen LogP contribution in [0.25, 0.3) is 16.6 Å². The molecule has 1 aliphatic rings. The summed E-state index contributed by atoms with van der Waals surface area (Å²) in [6, 6.07) is 31.1. The molecular formula is C37H38N4O3. The number of carbonyl (C=O) groups is 2. The topological polar surface area (TPSA) is 75.6 Å². The van der Waals surface area contributed by atoms with Gasteiger partial charge in [-0.3, -0.25) is 14.5 Å². The van der Waals surface area contributed by atoms with Crippen LogP contribution in [0, 0.1) is 0 Å². The molecule has 1 fully saturated rings. The predicted molar refractivity (Wildman–Crippen MR) is 176 cm³/mol. The number of likely N-dealkylation sites (tertiary alicyclic amines) is 1. The van der Waals surface area contributed by atoms with Gasteiger partial charge in [0, 0.05) is 41.1 Å². The van der Waals surface area contributed by atoms with Crippen LogP contribution in [-0.2, 0) is 17.8 Å². The highest BCUT2D eigenvalue weighted by Crippen LogP contribution is 2.28. The number of nitrogens with zero attached hydrogens (tertiary/aromatic N) is 2. The third kappa shape index (κ3) is 7.01. The summed E-state index contributed by atoms with van der Waals surface area (Å²) >= 11 is 0. The minimum absolute atomic E-state index is 0.00126. The van der Waals surface area contributed by atoms with Crippen molar-refractivity contribution < 1.29 is 14.3 Å². The van der Waals surface area contributed by atoms with E-state index in [2.05, 4.69) is 50.6 Å². The van der Waals surface area contributed by atoms with E-state index >= 15 is 0 Å². The molecule has 0 atom stereocenters. The molecule has 2 N–H and O–H groups in total. The molecule has 1 aliphatic heterocycles. The fourth-order valence-corrected chi connectivity index (χ4v) is 5.72. The second-order valence-corrected chi connectivity index (χ2v) is 11.7. The third-order valence-corrected chi connectivity index (χ3v) is 7.88. The number of rotatable bonds is 10. The summed E-state index contributed by atoms with van der Waals surface area (Å²) in [6.07, 6.45) is 5.12. The Hall–Kier alpha value is -4.88. The molecule has 4 aromatic carbocycles. The van der Waals surface area contributed by atoms with Crippen LogP contribution in [-0.4, -0.2) is 40.4 Å². The van der Waals surface area contributed by atoms with Crippen LogP contribution >= 0.6 is 0 Å². The number of benzene rings is 4. The summed E-state index contributed by atoms with van der Waals surface area (Å²) in [5.74, 6) is 1.15. The van der Waals surface area contributed by atoms with Crippen molar-refractivity contribution in [3.63, 3.8) is 0 Å². The van der Waals surface area contributed by atoms with E-state index in [0.29, 0.717) is 29.2 Å². The van der Waals surface area contributed by atoms with Gasteiger partial charge in [-0.15, -0.1) is 0 Å². The first-order valence-corrected chi connectivity index (χ1v) is 15.3. The van der Waals surface area contributed by atoms with Crippen LogP contribution in [0.4, 0.5) is 5.69 Å². The molecule has 7 heteroatoms. The van der Waals surface area contributed by atoms with Gasteiger partial charge in [0.05, 0.1) is 11.9 Å². The van der Waals surface area contributed by atoms with E-state index < -0.39 is 0 Å². The summed E-state index contributed by atoms with van der Waals surface area (Å²) in [5, 5.41) is 7.15. The Kier molecular flexibility index (Phi) is 8.75. The van der Waals surface area contributed by atoms with Crippen LogP contribution in [0.3, 0.4) is 0 Å². The van der Waals surface area contributed by atoms with E-state index in [1.807, 2.05) is 86.6 Å². The number of carbonyl (C=O) groups excluding carboxylic acids is 2. The Morgan fingerprint density at radius 1 is 0.818 bits per heavy atom. The van der Waals surface area contributed by atoms with Crippen LogP contribution in [0.1, 0.15) is 48.2 Å². The molecule has 0 radical (unpaired) electrons. The van der Waals surface area contributed by atoms with Crippen molar-refractivity contribution in [3.8, 4) is 17.2 Å². The lowest BCUT2D eigenvalue weighted by Gasteiger charge is -2.13. The molecule has 6 rings (SSSR count). The molecule has 7 nitrogen and oxygen atoms in total. The minimum Gasteiger partial charge on any atom is -0.457 e. The van der Waals surface area contributed by atoms with Crippen molar-refractivity contribution in [3.05, 3.63) is 120 Å². The Balaban J connectivity index is 1.07. The SMILES string of the molecule is CC(C)NC(=O)Cc1ccc(Oc2ccc(NC(=O)c3ccc(-n4cc(CN5CCCC5)c5ccccc54)cc3)cc2)cc1.